The van der Waals surface area contributed by atoms with Crippen molar-refractivity contribution in [1.82, 2.24) is 0 Å². The molecule has 8 heteroatoms. The lowest BCUT2D eigenvalue weighted by Crippen LogP contribution is -2.02. The van der Waals surface area contributed by atoms with E-state index in [0.717, 1.165) is 30.9 Å². The van der Waals surface area contributed by atoms with Gasteiger partial charge in [-0.15, -0.1) is 0 Å². The Labute approximate surface area is 262 Å². The maximum atomic E-state index is 9.75. The Balaban J connectivity index is 0.000000611. The summed E-state index contributed by atoms with van der Waals surface area (Å²) in [4.78, 5) is 0. The summed E-state index contributed by atoms with van der Waals surface area (Å²) in [5.74, 6) is 0. The topological polar surface area (TPSA) is 11.3 Å². The normalized spacial score (nSPS) is 11.7. The van der Waals surface area contributed by atoms with E-state index in [2.05, 4.69) is 149 Å². The van der Waals surface area contributed by atoms with Crippen LogP contribution < -0.4 is 0 Å². The van der Waals surface area contributed by atoms with Crippen molar-refractivity contribution in [3.05, 3.63) is 123 Å². The molecule has 0 spiro atoms. The third kappa shape index (κ3) is 6.17. The Morgan fingerprint density at radius 1 is 0.512 bits per heavy atom. The molecule has 1 nitrogen and oxygen atoms in total. The molecule has 0 saturated carbocycles. The van der Waals surface area contributed by atoms with Crippen molar-refractivity contribution in [3.8, 4) is 22.3 Å². The summed E-state index contributed by atoms with van der Waals surface area (Å²) in [6, 6.07) is 37.1. The number of hydrogen-bond acceptors (Lipinski definition) is 0. The predicted octanol–water partition coefficient (Wildman–Crippen LogP) is 12.9. The van der Waals surface area contributed by atoms with Gasteiger partial charge in [0.2, 0.25) is 0 Å². The fourth-order valence-electron chi connectivity index (χ4n) is 5.73. The summed E-state index contributed by atoms with van der Waals surface area (Å²) in [6.45, 7) is 4.31. The molecule has 0 atom stereocenters. The molecule has 0 bridgehead atoms. The first-order valence-electron chi connectivity index (χ1n) is 13.5. The van der Waals surface area contributed by atoms with E-state index >= 15 is 0 Å². The maximum Gasteiger partial charge on any atom is 0.673 e. The Morgan fingerprint density at radius 3 is 1.40 bits per heavy atom. The van der Waals surface area contributed by atoms with Crippen LogP contribution in [0.1, 0.15) is 11.1 Å². The fourth-order valence-corrected chi connectivity index (χ4v) is 6.45. The molecule has 7 rings (SSSR count). The monoisotopic (exact) mass is 704 g/mol. The van der Waals surface area contributed by atoms with Crippen molar-refractivity contribution in [1.29, 1.82) is 0 Å². The molecule has 0 amide bonds. The molecule has 7 aromatic rings. The minimum Gasteiger partial charge on any atom is -0.418 e. The average Bonchev–Trinajstić information content (AvgIpc) is 2.94. The van der Waals surface area contributed by atoms with Gasteiger partial charge in [-0.2, -0.15) is 0 Å². The molecule has 0 aliphatic heterocycles. The number of fused-ring (bicyclic) bond motifs is 6. The van der Waals surface area contributed by atoms with Crippen LogP contribution in [0.2, 0.25) is 0 Å². The van der Waals surface area contributed by atoms with Crippen molar-refractivity contribution in [3.63, 3.8) is 0 Å². The summed E-state index contributed by atoms with van der Waals surface area (Å²) in [5.41, 5.74) is 9.14. The van der Waals surface area contributed by atoms with Crippen LogP contribution in [0.5, 0.6) is 0 Å². The van der Waals surface area contributed by atoms with E-state index in [1.54, 1.807) is 0 Å². The highest BCUT2D eigenvalue weighted by Crippen LogP contribution is 2.44. The first kappa shape index (κ1) is 29.3. The first-order valence-corrected chi connectivity index (χ1v) is 15.1. The lowest BCUT2D eigenvalue weighted by Gasteiger charge is -2.12. The second-order valence-electron chi connectivity index (χ2n) is 10.5. The molecule has 43 heavy (non-hydrogen) atoms. The molecule has 1 aromatic heterocycles. The van der Waals surface area contributed by atoms with Crippen molar-refractivity contribution in [2.45, 2.75) is 13.8 Å². The molecule has 0 fully saturated rings. The highest BCUT2D eigenvalue weighted by Gasteiger charge is 2.24. The zero-order valence-corrected chi connectivity index (χ0v) is 26.2. The Kier molecular flexibility index (Phi) is 7.77. The van der Waals surface area contributed by atoms with Gasteiger partial charge in [-0.1, -0.05) is 97.6 Å². The molecule has 0 aliphatic rings. The van der Waals surface area contributed by atoms with Crippen LogP contribution in [0.3, 0.4) is 0 Å². The quantitative estimate of drug-likeness (QED) is 0.0573. The molecule has 0 radical (unpaired) electrons. The second-order valence-corrected chi connectivity index (χ2v) is 12.4. The summed E-state index contributed by atoms with van der Waals surface area (Å²) in [6.07, 6.45) is 0. The highest BCUT2D eigenvalue weighted by molar-refractivity contribution is 9.10. The second kappa shape index (κ2) is 11.4. The third-order valence-corrected chi connectivity index (χ3v) is 8.33. The molecular weight excluding hydrogens is 683 g/mol. The Hall–Kier alpha value is -3.75. The van der Waals surface area contributed by atoms with E-state index < -0.39 is 7.25 Å². The Bertz CT molecular complexity index is 2050. The maximum absolute atomic E-state index is 9.75. The van der Waals surface area contributed by atoms with E-state index in [0.29, 0.717) is 0 Å². The number of benzene rings is 6. The Morgan fingerprint density at radius 2 is 0.930 bits per heavy atom. The van der Waals surface area contributed by atoms with Crippen LogP contribution in [-0.2, 0) is 0 Å². The number of hydrogen-bond donors (Lipinski definition) is 0. The van der Waals surface area contributed by atoms with Crippen LogP contribution in [0.25, 0.3) is 65.7 Å². The summed E-state index contributed by atoms with van der Waals surface area (Å²) in [5, 5.41) is 6.96. The van der Waals surface area contributed by atoms with Gasteiger partial charge in [0.1, 0.15) is 0 Å². The summed E-state index contributed by atoms with van der Waals surface area (Å²) >= 11 is 7.42. The van der Waals surface area contributed by atoms with Gasteiger partial charge < -0.3 is 17.3 Å². The molecule has 0 unspecified atom stereocenters. The first-order chi connectivity index (χ1) is 20.4. The third-order valence-electron chi connectivity index (χ3n) is 7.34. The largest absolute Gasteiger partial charge is 0.673 e. The van der Waals surface area contributed by atoms with Crippen molar-refractivity contribution in [2.24, 2.45) is 0 Å². The minimum absolute atomic E-state index is 0.880. The minimum atomic E-state index is -6.00. The van der Waals surface area contributed by atoms with Crippen molar-refractivity contribution < 1.29 is 21.7 Å². The molecule has 0 aliphatic carbocycles. The molecular formula is C35H23BBr2F4O. The van der Waals surface area contributed by atoms with Crippen LogP contribution in [0, 0.1) is 13.8 Å². The van der Waals surface area contributed by atoms with Gasteiger partial charge in [0.25, 0.3) is 0 Å². The SMILES string of the molecule is Cc1cc(C)cc(-c2ccc(-c3c4c(ccc5ccc(Br)cc54)[o+]c4ccc5ccc(Br)cc5c34)cc2)c1.F[B-](F)(F)F. The van der Waals surface area contributed by atoms with Gasteiger partial charge in [-0.25, -0.2) is 4.42 Å². The van der Waals surface area contributed by atoms with Crippen LogP contribution in [0.15, 0.2) is 116 Å². The lowest BCUT2D eigenvalue weighted by atomic mass is 9.90. The number of aryl methyl sites for hydroxylation is 2. The van der Waals surface area contributed by atoms with E-state index in [-0.39, 0.29) is 0 Å². The van der Waals surface area contributed by atoms with E-state index in [4.69, 9.17) is 4.42 Å². The number of halogens is 6. The predicted molar refractivity (Wildman–Crippen MR) is 179 cm³/mol. The van der Waals surface area contributed by atoms with Crippen molar-refractivity contribution >= 4 is 82.6 Å². The smallest absolute Gasteiger partial charge is 0.418 e. The van der Waals surface area contributed by atoms with E-state index in [1.807, 2.05) is 0 Å². The number of rotatable bonds is 2. The summed E-state index contributed by atoms with van der Waals surface area (Å²) in [7, 11) is -6.00. The van der Waals surface area contributed by atoms with Gasteiger partial charge in [0, 0.05) is 37.4 Å². The van der Waals surface area contributed by atoms with Gasteiger partial charge >= 0.3 is 18.4 Å². The van der Waals surface area contributed by atoms with Gasteiger partial charge in [0.05, 0.1) is 10.8 Å². The molecule has 0 saturated heterocycles. The standard InChI is InChI=1S/C35H23Br2O.BF4/c1-20-15-21(2)17-26(16-20)22-3-5-25(6-4-22)33-34-29-18-27(36)11-7-23(29)9-13-31(34)38-32-14-10-24-8-12-28(37)19-30(24)35(32)33;2-1(3,4)5/h3-19H,1-2H3;/q+1;-1. The lowest BCUT2D eigenvalue weighted by molar-refractivity contribution is 0.368. The molecule has 0 N–H and O–H groups in total. The highest BCUT2D eigenvalue weighted by atomic mass is 79.9. The molecule has 214 valence electrons. The van der Waals surface area contributed by atoms with Gasteiger partial charge in [-0.05, 0) is 77.7 Å². The van der Waals surface area contributed by atoms with Crippen LogP contribution in [0.4, 0.5) is 17.3 Å². The van der Waals surface area contributed by atoms with Gasteiger partial charge in [-0.3, -0.25) is 0 Å². The van der Waals surface area contributed by atoms with Crippen molar-refractivity contribution in [2.75, 3.05) is 0 Å². The van der Waals surface area contributed by atoms with Crippen LogP contribution >= 0.6 is 31.9 Å². The zero-order chi connectivity index (χ0) is 30.5. The fraction of sp³-hybridized carbons (Fsp3) is 0.0571. The summed E-state index contributed by atoms with van der Waals surface area (Å²) < 4.78 is 47.7. The van der Waals surface area contributed by atoms with E-state index in [9.17, 15) is 17.3 Å². The van der Waals surface area contributed by atoms with Crippen LogP contribution in [-0.4, -0.2) is 7.25 Å². The van der Waals surface area contributed by atoms with Gasteiger partial charge in [0.15, 0.2) is 0 Å². The zero-order valence-electron chi connectivity index (χ0n) is 23.1. The molecule has 6 aromatic carbocycles. The molecule has 1 heterocycles. The van der Waals surface area contributed by atoms with E-state index in [1.165, 1.54) is 54.9 Å². The average molecular weight is 706 g/mol.